The van der Waals surface area contributed by atoms with Gasteiger partial charge in [0.25, 0.3) is 0 Å². The van der Waals surface area contributed by atoms with E-state index in [0.717, 1.165) is 4.68 Å². The van der Waals surface area contributed by atoms with Crippen LogP contribution in [0.3, 0.4) is 0 Å². The number of hydrogen-bond donors (Lipinski definition) is 1. The van der Waals surface area contributed by atoms with Gasteiger partial charge in [-0.05, 0) is 15.9 Å². The van der Waals surface area contributed by atoms with E-state index in [2.05, 4.69) is 26.2 Å². The lowest BCUT2D eigenvalue weighted by Gasteiger charge is -2.13. The van der Waals surface area contributed by atoms with E-state index in [1.165, 1.54) is 7.05 Å². The summed E-state index contributed by atoms with van der Waals surface area (Å²) >= 11 is 2.76. The van der Waals surface area contributed by atoms with Crippen molar-refractivity contribution in [1.29, 1.82) is 0 Å². The summed E-state index contributed by atoms with van der Waals surface area (Å²) in [5, 5.41) is 15.5. The molecule has 74 valence electrons. The highest BCUT2D eigenvalue weighted by molar-refractivity contribution is 9.10. The first-order valence-corrected chi connectivity index (χ1v) is 3.93. The summed E-state index contributed by atoms with van der Waals surface area (Å²) in [6.45, 7) is 0. The first kappa shape index (κ1) is 10.5. The smallest absolute Gasteiger partial charge is 0.378 e. The van der Waals surface area contributed by atoms with E-state index in [0.29, 0.717) is 0 Å². The summed E-state index contributed by atoms with van der Waals surface area (Å²) in [5.41, 5.74) is -0.410. The first-order valence-electron chi connectivity index (χ1n) is 3.14. The molecule has 1 rings (SSSR count). The predicted octanol–water partition coefficient (Wildman–Crippen LogP) is 1.17. The summed E-state index contributed by atoms with van der Waals surface area (Å²) in [6.07, 6.45) is -7.28. The summed E-state index contributed by atoms with van der Waals surface area (Å²) < 4.78 is 36.9. The molecule has 0 saturated heterocycles. The number of alkyl halides is 3. The summed E-state index contributed by atoms with van der Waals surface area (Å²) in [6, 6.07) is 0. The van der Waals surface area contributed by atoms with Crippen LogP contribution in [0.25, 0.3) is 0 Å². The van der Waals surface area contributed by atoms with Gasteiger partial charge in [-0.15, -0.1) is 5.10 Å². The van der Waals surface area contributed by atoms with Crippen LogP contribution < -0.4 is 0 Å². The van der Waals surface area contributed by atoms with Crippen molar-refractivity contribution in [3.05, 3.63) is 10.3 Å². The monoisotopic (exact) mass is 259 g/mol. The second kappa shape index (κ2) is 3.26. The molecular weight excluding hydrogens is 255 g/mol. The molecule has 1 atom stereocenters. The summed E-state index contributed by atoms with van der Waals surface area (Å²) in [4.78, 5) is 0. The van der Waals surface area contributed by atoms with Gasteiger partial charge in [-0.25, -0.2) is 4.68 Å². The van der Waals surface area contributed by atoms with Gasteiger partial charge in [0, 0.05) is 7.05 Å². The topological polar surface area (TPSA) is 50.9 Å². The van der Waals surface area contributed by atoms with E-state index >= 15 is 0 Å². The molecule has 0 aliphatic heterocycles. The number of hydrogen-bond acceptors (Lipinski definition) is 3. The molecule has 4 nitrogen and oxygen atoms in total. The number of aliphatic hydroxyl groups is 1. The Morgan fingerprint density at radius 1 is 1.54 bits per heavy atom. The highest BCUT2D eigenvalue weighted by Gasteiger charge is 2.42. The van der Waals surface area contributed by atoms with Gasteiger partial charge < -0.3 is 5.11 Å². The summed E-state index contributed by atoms with van der Waals surface area (Å²) in [7, 11) is 1.27. The molecule has 0 saturated carbocycles. The van der Waals surface area contributed by atoms with Crippen LogP contribution in [0.15, 0.2) is 4.60 Å². The second-order valence-electron chi connectivity index (χ2n) is 2.33. The highest BCUT2D eigenvalue weighted by atomic mass is 79.9. The van der Waals surface area contributed by atoms with E-state index in [1.54, 1.807) is 0 Å². The largest absolute Gasteiger partial charge is 0.420 e. The van der Waals surface area contributed by atoms with Crippen LogP contribution in [0.4, 0.5) is 13.2 Å². The standard InChI is InChI=1S/C5H5BrF3N3O/c1-12-2(4(6)10-11-12)3(13)5(7,8)9/h3,13H,1H3/t3-/m1/s1. The maximum atomic E-state index is 12.0. The second-order valence-corrected chi connectivity index (χ2v) is 3.08. The molecule has 0 spiro atoms. The molecule has 0 bridgehead atoms. The molecule has 1 aromatic heterocycles. The molecule has 8 heteroatoms. The zero-order valence-corrected chi connectivity index (χ0v) is 7.96. The van der Waals surface area contributed by atoms with Crippen LogP contribution in [0.2, 0.25) is 0 Å². The molecule has 0 aromatic carbocycles. The van der Waals surface area contributed by atoms with E-state index in [4.69, 9.17) is 5.11 Å². The number of halogens is 4. The van der Waals surface area contributed by atoms with Crippen molar-refractivity contribution in [2.45, 2.75) is 12.3 Å². The lowest BCUT2D eigenvalue weighted by molar-refractivity contribution is -0.209. The van der Waals surface area contributed by atoms with Crippen LogP contribution in [-0.4, -0.2) is 26.3 Å². The fraction of sp³-hybridized carbons (Fsp3) is 0.600. The molecular formula is C5H5BrF3N3O. The Labute approximate surface area is 79.5 Å². The van der Waals surface area contributed by atoms with Crippen LogP contribution in [-0.2, 0) is 7.05 Å². The number of aliphatic hydroxyl groups excluding tert-OH is 1. The maximum Gasteiger partial charge on any atom is 0.420 e. The Balaban J connectivity index is 3.08. The normalized spacial score (nSPS) is 14.6. The molecule has 0 aliphatic rings. The quantitative estimate of drug-likeness (QED) is 0.824. The van der Waals surface area contributed by atoms with Crippen molar-refractivity contribution in [3.8, 4) is 0 Å². The van der Waals surface area contributed by atoms with E-state index in [-0.39, 0.29) is 4.60 Å². The Kier molecular flexibility index (Phi) is 2.62. The molecule has 1 heterocycles. The number of nitrogens with zero attached hydrogens (tertiary/aromatic N) is 3. The van der Waals surface area contributed by atoms with Crippen molar-refractivity contribution < 1.29 is 18.3 Å². The number of aryl methyl sites for hydroxylation is 1. The van der Waals surface area contributed by atoms with Gasteiger partial charge in [-0.2, -0.15) is 13.2 Å². The number of aromatic nitrogens is 3. The molecule has 0 unspecified atom stereocenters. The minimum absolute atomic E-state index is 0.111. The lowest BCUT2D eigenvalue weighted by atomic mass is 10.2. The van der Waals surface area contributed by atoms with Gasteiger partial charge in [0.05, 0.1) is 0 Å². The van der Waals surface area contributed by atoms with Gasteiger partial charge in [-0.1, -0.05) is 5.21 Å². The Morgan fingerprint density at radius 2 is 2.08 bits per heavy atom. The third-order valence-electron chi connectivity index (χ3n) is 1.40. The van der Waals surface area contributed by atoms with E-state index < -0.39 is 18.0 Å². The van der Waals surface area contributed by atoms with Crippen molar-refractivity contribution >= 4 is 15.9 Å². The third kappa shape index (κ3) is 1.99. The minimum Gasteiger partial charge on any atom is -0.378 e. The zero-order chi connectivity index (χ0) is 10.2. The van der Waals surface area contributed by atoms with Gasteiger partial charge in [-0.3, -0.25) is 0 Å². The summed E-state index contributed by atoms with van der Waals surface area (Å²) in [5.74, 6) is 0. The van der Waals surface area contributed by atoms with E-state index in [9.17, 15) is 13.2 Å². The minimum atomic E-state index is -4.71. The Morgan fingerprint density at radius 3 is 2.38 bits per heavy atom. The predicted molar refractivity (Wildman–Crippen MR) is 39.7 cm³/mol. The SMILES string of the molecule is Cn1nnc(Br)c1[C@@H](O)C(F)(F)F. The zero-order valence-electron chi connectivity index (χ0n) is 6.38. The average Bonchev–Trinajstić information content (AvgIpc) is 2.28. The van der Waals surface area contributed by atoms with Crippen LogP contribution >= 0.6 is 15.9 Å². The molecule has 0 radical (unpaired) electrons. The molecule has 0 fully saturated rings. The molecule has 13 heavy (non-hydrogen) atoms. The van der Waals surface area contributed by atoms with Crippen LogP contribution in [0.1, 0.15) is 11.8 Å². The van der Waals surface area contributed by atoms with Crippen molar-refractivity contribution in [1.82, 2.24) is 15.0 Å². The van der Waals surface area contributed by atoms with Crippen molar-refractivity contribution in [2.24, 2.45) is 7.05 Å². The third-order valence-corrected chi connectivity index (χ3v) is 1.96. The first-order chi connectivity index (χ1) is 5.84. The Hall–Kier alpha value is -0.630. The lowest BCUT2D eigenvalue weighted by Crippen LogP contribution is -2.23. The van der Waals surface area contributed by atoms with Crippen LogP contribution in [0.5, 0.6) is 0 Å². The van der Waals surface area contributed by atoms with Gasteiger partial charge in [0.2, 0.25) is 0 Å². The van der Waals surface area contributed by atoms with Crippen LogP contribution in [0, 0.1) is 0 Å². The van der Waals surface area contributed by atoms with E-state index in [1.807, 2.05) is 0 Å². The average molecular weight is 260 g/mol. The van der Waals surface area contributed by atoms with Crippen molar-refractivity contribution in [3.63, 3.8) is 0 Å². The fourth-order valence-corrected chi connectivity index (χ4v) is 1.33. The molecule has 1 N–H and O–H groups in total. The Bertz CT molecular complexity index is 291. The maximum absolute atomic E-state index is 12.0. The van der Waals surface area contributed by atoms with Gasteiger partial charge in [0.15, 0.2) is 10.7 Å². The van der Waals surface area contributed by atoms with Crippen molar-refractivity contribution in [2.75, 3.05) is 0 Å². The fourth-order valence-electron chi connectivity index (χ4n) is 0.784. The molecule has 0 aliphatic carbocycles. The number of rotatable bonds is 1. The van der Waals surface area contributed by atoms with Gasteiger partial charge in [0.1, 0.15) is 5.69 Å². The van der Waals surface area contributed by atoms with Gasteiger partial charge >= 0.3 is 6.18 Å². The highest BCUT2D eigenvalue weighted by Crippen LogP contribution is 2.34. The molecule has 0 amide bonds. The molecule has 1 aromatic rings.